The van der Waals surface area contributed by atoms with Crippen molar-refractivity contribution in [1.82, 2.24) is 0 Å². The third-order valence-electron chi connectivity index (χ3n) is 1.99. The summed E-state index contributed by atoms with van der Waals surface area (Å²) in [7, 11) is 1.91. The Balaban J connectivity index is 3.25. The van der Waals surface area contributed by atoms with E-state index in [2.05, 4.69) is 12.2 Å². The number of halogens is 1. The fourth-order valence-electron chi connectivity index (χ4n) is 1.06. The molecule has 0 saturated carbocycles. The second-order valence-corrected chi connectivity index (χ2v) is 3.00. The highest BCUT2D eigenvalue weighted by molar-refractivity contribution is 6.31. The molecule has 1 N–H and O–H groups in total. The number of hydrogen-bond donors (Lipinski definition) is 1. The lowest BCUT2D eigenvalue weighted by molar-refractivity contribution is 1.32. The Kier molecular flexibility index (Phi) is 2.40. The van der Waals surface area contributed by atoms with Gasteiger partial charge in [0.15, 0.2) is 0 Å². The van der Waals surface area contributed by atoms with Crippen LogP contribution in [0.4, 0.5) is 5.69 Å². The van der Waals surface area contributed by atoms with E-state index in [0.717, 1.165) is 16.3 Å². The highest BCUT2D eigenvalue weighted by Crippen LogP contribution is 2.24. The van der Waals surface area contributed by atoms with Gasteiger partial charge in [-0.3, -0.25) is 0 Å². The molecule has 0 unspecified atom stereocenters. The summed E-state index contributed by atoms with van der Waals surface area (Å²) in [4.78, 5) is 0. The van der Waals surface area contributed by atoms with Crippen LogP contribution in [0.5, 0.6) is 0 Å². The number of benzene rings is 1. The van der Waals surface area contributed by atoms with Crippen molar-refractivity contribution in [1.29, 1.82) is 0 Å². The van der Waals surface area contributed by atoms with Crippen molar-refractivity contribution >= 4 is 17.3 Å². The van der Waals surface area contributed by atoms with Crippen molar-refractivity contribution in [3.8, 4) is 0 Å². The van der Waals surface area contributed by atoms with Gasteiger partial charge in [0.1, 0.15) is 0 Å². The van der Waals surface area contributed by atoms with Crippen LogP contribution in [-0.4, -0.2) is 7.05 Å². The van der Waals surface area contributed by atoms with Gasteiger partial charge in [-0.1, -0.05) is 11.6 Å². The van der Waals surface area contributed by atoms with Gasteiger partial charge in [-0.2, -0.15) is 0 Å². The molecule has 11 heavy (non-hydrogen) atoms. The molecule has 0 spiro atoms. The number of hydrogen-bond acceptors (Lipinski definition) is 1. The maximum absolute atomic E-state index is 5.92. The third-order valence-corrected chi connectivity index (χ3v) is 2.40. The average molecular weight is 170 g/mol. The topological polar surface area (TPSA) is 12.0 Å². The van der Waals surface area contributed by atoms with Gasteiger partial charge in [0.25, 0.3) is 0 Å². The normalized spacial score (nSPS) is 9.82. The molecule has 0 bridgehead atoms. The second kappa shape index (κ2) is 3.14. The largest absolute Gasteiger partial charge is 0.388 e. The molecular weight excluding hydrogens is 158 g/mol. The Morgan fingerprint density at radius 1 is 1.18 bits per heavy atom. The highest BCUT2D eigenvalue weighted by atomic mass is 35.5. The van der Waals surface area contributed by atoms with E-state index >= 15 is 0 Å². The second-order valence-electron chi connectivity index (χ2n) is 2.59. The molecule has 1 aromatic carbocycles. The SMILES string of the molecule is CNc1ccc(Cl)c(C)c1C. The molecule has 1 rings (SSSR count). The van der Waals surface area contributed by atoms with E-state index in [1.54, 1.807) is 0 Å². The van der Waals surface area contributed by atoms with Gasteiger partial charge in [0, 0.05) is 17.8 Å². The maximum atomic E-state index is 5.92. The van der Waals surface area contributed by atoms with E-state index in [1.165, 1.54) is 5.56 Å². The van der Waals surface area contributed by atoms with Gasteiger partial charge < -0.3 is 5.32 Å². The molecule has 1 nitrogen and oxygen atoms in total. The average Bonchev–Trinajstić information content (AvgIpc) is 2.01. The molecule has 0 heterocycles. The Morgan fingerprint density at radius 3 is 2.36 bits per heavy atom. The summed E-state index contributed by atoms with van der Waals surface area (Å²) in [5, 5.41) is 3.94. The Hall–Kier alpha value is -0.690. The van der Waals surface area contributed by atoms with Crippen LogP contribution in [0, 0.1) is 13.8 Å². The summed E-state index contributed by atoms with van der Waals surface area (Å²) in [5.41, 5.74) is 3.52. The van der Waals surface area contributed by atoms with E-state index in [1.807, 2.05) is 26.1 Å². The van der Waals surface area contributed by atoms with Crippen LogP contribution in [-0.2, 0) is 0 Å². The summed E-state index contributed by atoms with van der Waals surface area (Å²) in [6.07, 6.45) is 0. The fourth-order valence-corrected chi connectivity index (χ4v) is 1.26. The first kappa shape index (κ1) is 8.41. The molecule has 0 fully saturated rings. The molecular formula is C9H12ClN. The van der Waals surface area contributed by atoms with Gasteiger partial charge >= 0.3 is 0 Å². The van der Waals surface area contributed by atoms with Crippen molar-refractivity contribution in [2.45, 2.75) is 13.8 Å². The zero-order chi connectivity index (χ0) is 8.43. The van der Waals surface area contributed by atoms with Gasteiger partial charge in [-0.25, -0.2) is 0 Å². The van der Waals surface area contributed by atoms with Crippen molar-refractivity contribution in [3.05, 3.63) is 28.3 Å². The lowest BCUT2D eigenvalue weighted by Crippen LogP contribution is -1.93. The summed E-state index contributed by atoms with van der Waals surface area (Å²) in [5.74, 6) is 0. The van der Waals surface area contributed by atoms with E-state index in [4.69, 9.17) is 11.6 Å². The maximum Gasteiger partial charge on any atom is 0.0439 e. The van der Waals surface area contributed by atoms with Gasteiger partial charge in [-0.05, 0) is 37.1 Å². The molecule has 2 heteroatoms. The Bertz CT molecular complexity index is 269. The number of anilines is 1. The molecule has 60 valence electrons. The molecule has 0 aromatic heterocycles. The number of nitrogens with one attached hydrogen (secondary N) is 1. The summed E-state index contributed by atoms with van der Waals surface area (Å²) < 4.78 is 0. The molecule has 1 aromatic rings. The minimum absolute atomic E-state index is 0.835. The van der Waals surface area contributed by atoms with Crippen molar-refractivity contribution in [2.75, 3.05) is 12.4 Å². The molecule has 0 amide bonds. The lowest BCUT2D eigenvalue weighted by atomic mass is 10.1. The molecule has 0 atom stereocenters. The Labute approximate surface area is 72.4 Å². The van der Waals surface area contributed by atoms with Crippen molar-refractivity contribution < 1.29 is 0 Å². The first-order chi connectivity index (χ1) is 5.16. The Morgan fingerprint density at radius 2 is 1.82 bits per heavy atom. The zero-order valence-corrected chi connectivity index (χ0v) is 7.79. The van der Waals surface area contributed by atoms with Crippen LogP contribution in [0.3, 0.4) is 0 Å². The first-order valence-electron chi connectivity index (χ1n) is 3.60. The minimum Gasteiger partial charge on any atom is -0.388 e. The van der Waals surface area contributed by atoms with E-state index in [9.17, 15) is 0 Å². The molecule has 0 aliphatic heterocycles. The quantitative estimate of drug-likeness (QED) is 0.682. The molecule has 0 aliphatic rings. The van der Waals surface area contributed by atoms with E-state index < -0.39 is 0 Å². The van der Waals surface area contributed by atoms with E-state index in [0.29, 0.717) is 0 Å². The predicted octanol–water partition coefficient (Wildman–Crippen LogP) is 3.00. The van der Waals surface area contributed by atoms with Gasteiger partial charge in [-0.15, -0.1) is 0 Å². The highest BCUT2D eigenvalue weighted by Gasteiger charge is 2.01. The fraction of sp³-hybridized carbons (Fsp3) is 0.333. The lowest BCUT2D eigenvalue weighted by Gasteiger charge is -2.08. The van der Waals surface area contributed by atoms with Crippen molar-refractivity contribution in [2.24, 2.45) is 0 Å². The minimum atomic E-state index is 0.835. The predicted molar refractivity (Wildman–Crippen MR) is 50.5 cm³/mol. The zero-order valence-electron chi connectivity index (χ0n) is 7.03. The molecule has 0 radical (unpaired) electrons. The summed E-state index contributed by atoms with van der Waals surface area (Å²) in [6.45, 7) is 4.09. The van der Waals surface area contributed by atoms with Crippen LogP contribution in [0.1, 0.15) is 11.1 Å². The first-order valence-corrected chi connectivity index (χ1v) is 3.98. The summed E-state index contributed by atoms with van der Waals surface area (Å²) >= 11 is 5.92. The monoisotopic (exact) mass is 169 g/mol. The smallest absolute Gasteiger partial charge is 0.0439 e. The van der Waals surface area contributed by atoms with Crippen LogP contribution in [0.25, 0.3) is 0 Å². The molecule has 0 saturated heterocycles. The van der Waals surface area contributed by atoms with Crippen LogP contribution in [0.2, 0.25) is 5.02 Å². The van der Waals surface area contributed by atoms with E-state index in [-0.39, 0.29) is 0 Å². The number of rotatable bonds is 1. The van der Waals surface area contributed by atoms with Crippen LogP contribution >= 0.6 is 11.6 Å². The molecule has 0 aliphatic carbocycles. The third kappa shape index (κ3) is 1.48. The van der Waals surface area contributed by atoms with Crippen molar-refractivity contribution in [3.63, 3.8) is 0 Å². The van der Waals surface area contributed by atoms with Crippen LogP contribution in [0.15, 0.2) is 12.1 Å². The van der Waals surface area contributed by atoms with Gasteiger partial charge in [0.05, 0.1) is 0 Å². The van der Waals surface area contributed by atoms with Gasteiger partial charge in [0.2, 0.25) is 0 Å². The standard InChI is InChI=1S/C9H12ClN/c1-6-7(2)9(11-3)5-4-8(6)10/h4-5,11H,1-3H3. The summed E-state index contributed by atoms with van der Waals surface area (Å²) in [6, 6.07) is 3.90. The van der Waals surface area contributed by atoms with Crippen LogP contribution < -0.4 is 5.32 Å².